The zero-order valence-corrected chi connectivity index (χ0v) is 13.7. The van der Waals surface area contributed by atoms with E-state index in [1.165, 1.54) is 0 Å². The fourth-order valence-corrected chi connectivity index (χ4v) is 3.04. The van der Waals surface area contributed by atoms with Crippen LogP contribution in [0.15, 0.2) is 28.7 Å². The van der Waals surface area contributed by atoms with Crippen LogP contribution in [0.3, 0.4) is 0 Å². The highest BCUT2D eigenvalue weighted by atomic mass is 79.9. The minimum Gasteiger partial charge on any atom is -0.480 e. The van der Waals surface area contributed by atoms with Crippen LogP contribution in [0.2, 0.25) is 0 Å². The van der Waals surface area contributed by atoms with Gasteiger partial charge in [0.15, 0.2) is 0 Å². The lowest BCUT2D eigenvalue weighted by molar-refractivity contribution is -0.152. The number of halogens is 1. The number of aliphatic carboxylic acids is 1. The molecule has 2 atom stereocenters. The van der Waals surface area contributed by atoms with E-state index in [2.05, 4.69) is 15.9 Å². The van der Waals surface area contributed by atoms with Gasteiger partial charge in [0.05, 0.1) is 0 Å². The maximum atomic E-state index is 12.4. The largest absolute Gasteiger partial charge is 0.480 e. The number of likely N-dealkylation sites (tertiary alicyclic amines) is 1. The second-order valence-electron chi connectivity index (χ2n) is 5.59. The maximum Gasteiger partial charge on any atom is 0.326 e. The molecule has 0 saturated carbocycles. The first-order chi connectivity index (χ1) is 9.99. The summed E-state index contributed by atoms with van der Waals surface area (Å²) in [7, 11) is 0. The van der Waals surface area contributed by atoms with Crippen molar-refractivity contribution in [1.29, 1.82) is 0 Å². The number of carboxylic acid groups (broad SMARTS) is 1. The zero-order chi connectivity index (χ0) is 15.4. The number of nitrogens with zero attached hydrogens (tertiary/aromatic N) is 1. The van der Waals surface area contributed by atoms with Gasteiger partial charge in [-0.25, -0.2) is 4.79 Å². The minimum absolute atomic E-state index is 0.0579. The van der Waals surface area contributed by atoms with Crippen LogP contribution in [0.1, 0.15) is 44.1 Å². The number of carbonyl (C=O) groups excluding carboxylic acids is 1. The van der Waals surface area contributed by atoms with Gasteiger partial charge >= 0.3 is 5.97 Å². The van der Waals surface area contributed by atoms with Crippen molar-refractivity contribution >= 4 is 27.8 Å². The first-order valence-electron chi connectivity index (χ1n) is 7.26. The molecule has 1 amide bonds. The van der Waals surface area contributed by atoms with E-state index in [0.717, 1.165) is 22.9 Å². The summed E-state index contributed by atoms with van der Waals surface area (Å²) >= 11 is 3.39. The SMILES string of the molecule is CC(CC(=O)N1CCCC[C@H]1C(=O)O)c1ccc(Br)cc1. The van der Waals surface area contributed by atoms with Gasteiger partial charge in [0.1, 0.15) is 6.04 Å². The number of amides is 1. The Bertz CT molecular complexity index is 515. The lowest BCUT2D eigenvalue weighted by Crippen LogP contribution is -2.48. The van der Waals surface area contributed by atoms with E-state index in [9.17, 15) is 14.7 Å². The molecule has 0 spiro atoms. The highest BCUT2D eigenvalue weighted by Crippen LogP contribution is 2.25. The van der Waals surface area contributed by atoms with E-state index >= 15 is 0 Å². The fourth-order valence-electron chi connectivity index (χ4n) is 2.78. The molecule has 21 heavy (non-hydrogen) atoms. The molecular weight excluding hydrogens is 334 g/mol. The lowest BCUT2D eigenvalue weighted by Gasteiger charge is -2.33. The Labute approximate surface area is 133 Å². The summed E-state index contributed by atoms with van der Waals surface area (Å²) in [5.74, 6) is -0.862. The fraction of sp³-hybridized carbons (Fsp3) is 0.500. The first kappa shape index (κ1) is 16.0. The second kappa shape index (κ2) is 7.07. The maximum absolute atomic E-state index is 12.4. The van der Waals surface area contributed by atoms with E-state index in [1.807, 2.05) is 31.2 Å². The van der Waals surface area contributed by atoms with E-state index in [4.69, 9.17) is 0 Å². The van der Waals surface area contributed by atoms with Gasteiger partial charge in [-0.2, -0.15) is 0 Å². The molecule has 4 nitrogen and oxygen atoms in total. The zero-order valence-electron chi connectivity index (χ0n) is 12.1. The quantitative estimate of drug-likeness (QED) is 0.902. The summed E-state index contributed by atoms with van der Waals surface area (Å²) in [6.07, 6.45) is 2.68. The Morgan fingerprint density at radius 3 is 2.62 bits per heavy atom. The van der Waals surface area contributed by atoms with Gasteiger partial charge in [0.25, 0.3) is 0 Å². The molecule has 1 unspecified atom stereocenters. The molecule has 1 heterocycles. The van der Waals surface area contributed by atoms with Crippen LogP contribution in [-0.4, -0.2) is 34.5 Å². The third-order valence-electron chi connectivity index (χ3n) is 4.03. The Kier molecular flexibility index (Phi) is 5.39. The number of carbonyl (C=O) groups is 2. The lowest BCUT2D eigenvalue weighted by atomic mass is 9.95. The van der Waals surface area contributed by atoms with Gasteiger partial charge in [0, 0.05) is 17.4 Å². The standard InChI is InChI=1S/C16H20BrNO3/c1-11(12-5-7-13(17)8-6-12)10-15(19)18-9-3-2-4-14(18)16(20)21/h5-8,11,14H,2-4,9-10H2,1H3,(H,20,21)/t11?,14-/m0/s1. The molecule has 5 heteroatoms. The van der Waals surface area contributed by atoms with Gasteiger partial charge in [-0.05, 0) is 42.9 Å². The van der Waals surface area contributed by atoms with Gasteiger partial charge < -0.3 is 10.0 Å². The third-order valence-corrected chi connectivity index (χ3v) is 4.56. The van der Waals surface area contributed by atoms with Crippen LogP contribution in [0.4, 0.5) is 0 Å². The number of carboxylic acids is 1. The predicted molar refractivity (Wildman–Crippen MR) is 84.2 cm³/mol. The van der Waals surface area contributed by atoms with E-state index < -0.39 is 12.0 Å². The molecule has 1 aliphatic rings. The summed E-state index contributed by atoms with van der Waals surface area (Å²) in [5.41, 5.74) is 1.09. The van der Waals surface area contributed by atoms with E-state index in [0.29, 0.717) is 19.4 Å². The average Bonchev–Trinajstić information content (AvgIpc) is 2.47. The molecule has 1 aromatic carbocycles. The van der Waals surface area contributed by atoms with Gasteiger partial charge in [-0.3, -0.25) is 4.79 Å². The number of hydrogen-bond acceptors (Lipinski definition) is 2. The Balaban J connectivity index is 2.02. The Hall–Kier alpha value is -1.36. The number of piperidine rings is 1. The highest BCUT2D eigenvalue weighted by molar-refractivity contribution is 9.10. The van der Waals surface area contributed by atoms with Crippen LogP contribution >= 0.6 is 15.9 Å². The summed E-state index contributed by atoms with van der Waals surface area (Å²) < 4.78 is 1.01. The van der Waals surface area contributed by atoms with Crippen molar-refractivity contribution in [3.63, 3.8) is 0 Å². The van der Waals surface area contributed by atoms with Gasteiger partial charge in [0.2, 0.25) is 5.91 Å². The Morgan fingerprint density at radius 2 is 2.00 bits per heavy atom. The normalized spacial score (nSPS) is 20.1. The molecule has 0 radical (unpaired) electrons. The monoisotopic (exact) mass is 353 g/mol. The van der Waals surface area contributed by atoms with E-state index in [-0.39, 0.29) is 11.8 Å². The summed E-state index contributed by atoms with van der Waals surface area (Å²) in [4.78, 5) is 25.2. The molecule has 2 rings (SSSR count). The Morgan fingerprint density at radius 1 is 1.33 bits per heavy atom. The van der Waals surface area contributed by atoms with Crippen LogP contribution in [-0.2, 0) is 9.59 Å². The molecular formula is C16H20BrNO3. The minimum atomic E-state index is -0.889. The molecule has 1 fully saturated rings. The molecule has 1 aromatic rings. The molecule has 1 saturated heterocycles. The third kappa shape index (κ3) is 4.06. The van der Waals surface area contributed by atoms with Crippen molar-refractivity contribution in [2.24, 2.45) is 0 Å². The molecule has 1 N–H and O–H groups in total. The average molecular weight is 354 g/mol. The van der Waals surface area contributed by atoms with Crippen LogP contribution < -0.4 is 0 Å². The van der Waals surface area contributed by atoms with Gasteiger partial charge in [-0.15, -0.1) is 0 Å². The van der Waals surface area contributed by atoms with Crippen molar-refractivity contribution in [3.05, 3.63) is 34.3 Å². The van der Waals surface area contributed by atoms with Crippen LogP contribution in [0.25, 0.3) is 0 Å². The predicted octanol–water partition coefficient (Wildman–Crippen LogP) is 3.41. The van der Waals surface area contributed by atoms with Crippen molar-refractivity contribution in [3.8, 4) is 0 Å². The summed E-state index contributed by atoms with van der Waals surface area (Å²) in [5, 5.41) is 9.24. The smallest absolute Gasteiger partial charge is 0.326 e. The van der Waals surface area contributed by atoms with Crippen molar-refractivity contribution in [1.82, 2.24) is 4.90 Å². The molecule has 0 aromatic heterocycles. The molecule has 0 aliphatic carbocycles. The van der Waals surface area contributed by atoms with E-state index in [1.54, 1.807) is 4.90 Å². The van der Waals surface area contributed by atoms with Crippen molar-refractivity contribution < 1.29 is 14.7 Å². The summed E-state index contributed by atoms with van der Waals surface area (Å²) in [6, 6.07) is 7.25. The highest BCUT2D eigenvalue weighted by Gasteiger charge is 2.32. The van der Waals surface area contributed by atoms with Crippen LogP contribution in [0.5, 0.6) is 0 Å². The first-order valence-corrected chi connectivity index (χ1v) is 8.06. The molecule has 0 bridgehead atoms. The number of benzene rings is 1. The topological polar surface area (TPSA) is 57.6 Å². The summed E-state index contributed by atoms with van der Waals surface area (Å²) in [6.45, 7) is 2.56. The molecule has 1 aliphatic heterocycles. The van der Waals surface area contributed by atoms with Gasteiger partial charge in [-0.1, -0.05) is 35.0 Å². The number of hydrogen-bond donors (Lipinski definition) is 1. The van der Waals surface area contributed by atoms with Crippen molar-refractivity contribution in [2.75, 3.05) is 6.54 Å². The molecule has 114 valence electrons. The van der Waals surface area contributed by atoms with Crippen LogP contribution in [0, 0.1) is 0 Å². The number of rotatable bonds is 4. The van der Waals surface area contributed by atoms with Crippen molar-refractivity contribution in [2.45, 2.75) is 44.6 Å². The second-order valence-corrected chi connectivity index (χ2v) is 6.51.